The first kappa shape index (κ1) is 20.3. The van der Waals surface area contributed by atoms with Crippen molar-refractivity contribution in [2.75, 3.05) is 19.7 Å². The van der Waals surface area contributed by atoms with Crippen LogP contribution in [0.2, 0.25) is 0 Å². The Balaban J connectivity index is 1.28. The van der Waals surface area contributed by atoms with Gasteiger partial charge in [0.1, 0.15) is 17.4 Å². The van der Waals surface area contributed by atoms with Gasteiger partial charge >= 0.3 is 6.18 Å². The number of halogens is 3. The molecular weight excluding hydrogens is 401 g/mol. The molecule has 0 atom stereocenters. The van der Waals surface area contributed by atoms with Gasteiger partial charge in [0.05, 0.1) is 13.1 Å². The maximum atomic E-state index is 12.7. The minimum Gasteiger partial charge on any atom is -0.483 e. The Morgan fingerprint density at radius 1 is 1.23 bits per heavy atom. The number of hydrogen-bond donors (Lipinski definition) is 0. The molecule has 0 radical (unpaired) electrons. The van der Waals surface area contributed by atoms with Crippen LogP contribution in [0, 0.1) is 0 Å². The molecule has 2 aliphatic rings. The zero-order chi connectivity index (χ0) is 21.5. The van der Waals surface area contributed by atoms with Crippen molar-refractivity contribution >= 4 is 5.91 Å². The maximum Gasteiger partial charge on any atom is 0.433 e. The lowest BCUT2D eigenvalue weighted by molar-refractivity contribution is -0.143. The number of aromatic nitrogens is 1. The van der Waals surface area contributed by atoms with Crippen LogP contribution >= 0.6 is 0 Å². The molecule has 1 fully saturated rings. The number of para-hydroxylation sites is 1. The van der Waals surface area contributed by atoms with Crippen molar-refractivity contribution in [3.8, 4) is 17.4 Å². The fraction of sp³-hybridized carbons (Fsp3) is 0.429. The molecule has 0 bridgehead atoms. The molecule has 2 aromatic rings. The van der Waals surface area contributed by atoms with Gasteiger partial charge in [0.2, 0.25) is 5.88 Å². The first-order valence-electron chi connectivity index (χ1n) is 9.53. The molecule has 1 saturated heterocycles. The average molecular weight is 422 g/mol. The number of hydrogen-bond acceptors (Lipinski definition) is 5. The molecule has 0 aliphatic carbocycles. The van der Waals surface area contributed by atoms with E-state index in [1.807, 2.05) is 26.0 Å². The van der Waals surface area contributed by atoms with E-state index in [-0.39, 0.29) is 37.1 Å². The molecule has 1 aromatic carbocycles. The predicted octanol–water partition coefficient (Wildman–Crippen LogP) is 3.48. The summed E-state index contributed by atoms with van der Waals surface area (Å²) in [6.07, 6.45) is -4.17. The third-order valence-electron chi connectivity index (χ3n) is 4.91. The average Bonchev–Trinajstić information content (AvgIpc) is 2.96. The summed E-state index contributed by atoms with van der Waals surface area (Å²) in [7, 11) is 0. The monoisotopic (exact) mass is 422 g/mol. The highest BCUT2D eigenvalue weighted by molar-refractivity contribution is 5.78. The quantitative estimate of drug-likeness (QED) is 0.739. The number of nitrogens with zero attached hydrogens (tertiary/aromatic N) is 2. The van der Waals surface area contributed by atoms with Crippen molar-refractivity contribution < 1.29 is 32.2 Å². The Hall–Kier alpha value is -2.97. The van der Waals surface area contributed by atoms with Gasteiger partial charge in [0.15, 0.2) is 18.1 Å². The van der Waals surface area contributed by atoms with Gasteiger partial charge in [-0.05, 0) is 26.0 Å². The topological polar surface area (TPSA) is 60.9 Å². The van der Waals surface area contributed by atoms with E-state index in [0.717, 1.165) is 18.1 Å². The predicted molar refractivity (Wildman–Crippen MR) is 101 cm³/mol. The number of benzene rings is 1. The number of amides is 1. The summed E-state index contributed by atoms with van der Waals surface area (Å²) < 4.78 is 55.2. The number of fused-ring (bicyclic) bond motifs is 1. The Morgan fingerprint density at radius 2 is 1.97 bits per heavy atom. The second-order valence-corrected chi connectivity index (χ2v) is 7.97. The molecule has 3 heterocycles. The van der Waals surface area contributed by atoms with Crippen LogP contribution in [0.3, 0.4) is 0 Å². The molecule has 0 N–H and O–H groups in total. The summed E-state index contributed by atoms with van der Waals surface area (Å²) in [5.41, 5.74) is -0.289. The Morgan fingerprint density at radius 3 is 2.70 bits per heavy atom. The SMILES string of the molecule is CC1(C)Cc2cccc(OCC(=O)N3CC(Oc4cccc(C(F)(F)F)n4)C3)c2O1. The third-order valence-corrected chi connectivity index (χ3v) is 4.91. The van der Waals surface area contributed by atoms with Crippen molar-refractivity contribution in [2.24, 2.45) is 0 Å². The van der Waals surface area contributed by atoms with Gasteiger partial charge in [0.25, 0.3) is 5.91 Å². The van der Waals surface area contributed by atoms with E-state index in [2.05, 4.69) is 4.98 Å². The highest BCUT2D eigenvalue weighted by Crippen LogP contribution is 2.41. The summed E-state index contributed by atoms with van der Waals surface area (Å²) in [6.45, 7) is 4.34. The van der Waals surface area contributed by atoms with E-state index in [0.29, 0.717) is 11.5 Å². The van der Waals surface area contributed by atoms with Crippen molar-refractivity contribution in [3.63, 3.8) is 0 Å². The van der Waals surface area contributed by atoms with E-state index in [1.54, 1.807) is 6.07 Å². The Labute approximate surface area is 171 Å². The molecule has 4 rings (SSSR count). The summed E-state index contributed by atoms with van der Waals surface area (Å²) in [5, 5.41) is 0. The van der Waals surface area contributed by atoms with Crippen molar-refractivity contribution in [1.29, 1.82) is 0 Å². The summed E-state index contributed by atoms with van der Waals surface area (Å²) in [4.78, 5) is 17.3. The summed E-state index contributed by atoms with van der Waals surface area (Å²) in [6, 6.07) is 9.07. The summed E-state index contributed by atoms with van der Waals surface area (Å²) >= 11 is 0. The van der Waals surface area contributed by atoms with Crippen molar-refractivity contribution in [3.05, 3.63) is 47.7 Å². The minimum atomic E-state index is -4.53. The second kappa shape index (κ2) is 7.37. The van der Waals surface area contributed by atoms with Gasteiger partial charge < -0.3 is 19.1 Å². The van der Waals surface area contributed by atoms with Gasteiger partial charge in [-0.25, -0.2) is 4.98 Å². The molecule has 9 heteroatoms. The lowest BCUT2D eigenvalue weighted by Crippen LogP contribution is -2.57. The van der Waals surface area contributed by atoms with Crippen LogP contribution in [-0.4, -0.2) is 47.2 Å². The third kappa shape index (κ3) is 4.29. The van der Waals surface area contributed by atoms with Crippen LogP contribution in [0.4, 0.5) is 13.2 Å². The number of pyridine rings is 1. The van der Waals surface area contributed by atoms with Gasteiger partial charge in [-0.1, -0.05) is 18.2 Å². The molecule has 6 nitrogen and oxygen atoms in total. The van der Waals surface area contributed by atoms with Crippen LogP contribution in [-0.2, 0) is 17.4 Å². The fourth-order valence-electron chi connectivity index (χ4n) is 3.46. The zero-order valence-electron chi connectivity index (χ0n) is 16.5. The first-order chi connectivity index (χ1) is 14.1. The number of rotatable bonds is 5. The Bertz CT molecular complexity index is 956. The molecule has 2 aliphatic heterocycles. The molecule has 30 heavy (non-hydrogen) atoms. The van der Waals surface area contributed by atoms with Crippen LogP contribution < -0.4 is 14.2 Å². The Kier molecular flexibility index (Phi) is 4.99. The van der Waals surface area contributed by atoms with Crippen LogP contribution in [0.5, 0.6) is 17.4 Å². The molecule has 0 saturated carbocycles. The van der Waals surface area contributed by atoms with Gasteiger partial charge in [-0.15, -0.1) is 0 Å². The molecule has 0 spiro atoms. The van der Waals surface area contributed by atoms with E-state index in [4.69, 9.17) is 14.2 Å². The van der Waals surface area contributed by atoms with Crippen molar-refractivity contribution in [1.82, 2.24) is 9.88 Å². The van der Waals surface area contributed by atoms with Gasteiger partial charge in [-0.3, -0.25) is 4.79 Å². The van der Waals surface area contributed by atoms with Crippen LogP contribution in [0.1, 0.15) is 25.1 Å². The molecule has 160 valence electrons. The second-order valence-electron chi connectivity index (χ2n) is 7.97. The van der Waals surface area contributed by atoms with Crippen LogP contribution in [0.25, 0.3) is 0 Å². The van der Waals surface area contributed by atoms with Crippen LogP contribution in [0.15, 0.2) is 36.4 Å². The highest BCUT2D eigenvalue weighted by atomic mass is 19.4. The van der Waals surface area contributed by atoms with Gasteiger partial charge in [0, 0.05) is 18.1 Å². The van der Waals surface area contributed by atoms with E-state index in [9.17, 15) is 18.0 Å². The van der Waals surface area contributed by atoms with E-state index < -0.39 is 18.0 Å². The molecule has 1 aromatic heterocycles. The standard InChI is InChI=1S/C21H21F3N2O4/c1-20(2)9-13-5-3-6-15(19(13)30-20)28-12-18(27)26-10-14(11-26)29-17-8-4-7-16(25-17)21(22,23)24/h3-8,14H,9-12H2,1-2H3. The number of ether oxygens (including phenoxy) is 3. The maximum absolute atomic E-state index is 12.7. The first-order valence-corrected chi connectivity index (χ1v) is 9.53. The largest absolute Gasteiger partial charge is 0.483 e. The van der Waals surface area contributed by atoms with E-state index >= 15 is 0 Å². The highest BCUT2D eigenvalue weighted by Gasteiger charge is 2.36. The lowest BCUT2D eigenvalue weighted by Gasteiger charge is -2.38. The number of alkyl halides is 3. The smallest absolute Gasteiger partial charge is 0.433 e. The minimum absolute atomic E-state index is 0.113. The number of likely N-dealkylation sites (tertiary alicyclic amines) is 1. The van der Waals surface area contributed by atoms with Gasteiger partial charge in [-0.2, -0.15) is 13.2 Å². The van der Waals surface area contributed by atoms with Crippen molar-refractivity contribution in [2.45, 2.75) is 38.1 Å². The molecule has 1 amide bonds. The fourth-order valence-corrected chi connectivity index (χ4v) is 3.46. The molecular formula is C21H21F3N2O4. The normalized spacial score (nSPS) is 17.7. The number of carbonyl (C=O) groups excluding carboxylic acids is 1. The zero-order valence-corrected chi connectivity index (χ0v) is 16.5. The summed E-state index contributed by atoms with van der Waals surface area (Å²) in [5.74, 6) is 0.836. The lowest BCUT2D eigenvalue weighted by atomic mass is 10.0. The number of carbonyl (C=O) groups is 1. The molecule has 0 unspecified atom stereocenters. The van der Waals surface area contributed by atoms with E-state index in [1.165, 1.54) is 17.0 Å².